The van der Waals surface area contributed by atoms with Crippen LogP contribution in [0, 0.1) is 12.7 Å². The molecule has 1 N–H and O–H groups in total. The number of halogens is 4. The molecule has 0 saturated carbocycles. The second-order valence-corrected chi connectivity index (χ2v) is 14.1. The van der Waals surface area contributed by atoms with Crippen molar-refractivity contribution in [3.05, 3.63) is 114 Å². The van der Waals surface area contributed by atoms with E-state index >= 15 is 4.39 Å². The third kappa shape index (κ3) is 6.49. The van der Waals surface area contributed by atoms with Crippen LogP contribution >= 0.6 is 11.5 Å². The van der Waals surface area contributed by atoms with Gasteiger partial charge in [-0.05, 0) is 67.0 Å². The molecule has 16 nitrogen and oxygen atoms in total. The number of hydrogen-bond acceptors (Lipinski definition) is 15. The summed E-state index contributed by atoms with van der Waals surface area (Å²) in [6.07, 6.45) is 0.778. The lowest BCUT2D eigenvalue weighted by Crippen LogP contribution is -2.08. The van der Waals surface area contributed by atoms with Gasteiger partial charge in [-0.2, -0.15) is 27.2 Å². The maximum Gasteiger partial charge on any atom is 0.436 e. The molecule has 9 heterocycles. The molecule has 0 aliphatic carbocycles. The fraction of sp³-hybridized carbons (Fsp3) is 0.128. The first-order valence-electron chi connectivity index (χ1n) is 17.9. The summed E-state index contributed by atoms with van der Waals surface area (Å²) >= 11 is 1.33. The number of aryl methyl sites for hydroxylation is 1. The predicted octanol–water partition coefficient (Wildman–Crippen LogP) is 7.77. The van der Waals surface area contributed by atoms with Crippen molar-refractivity contribution in [1.29, 1.82) is 0 Å². The van der Waals surface area contributed by atoms with E-state index in [0.29, 0.717) is 45.3 Å². The predicted molar refractivity (Wildman–Crippen MR) is 209 cm³/mol. The lowest BCUT2D eigenvalue weighted by Gasteiger charge is -2.13. The highest BCUT2D eigenvalue weighted by Gasteiger charge is 2.35. The summed E-state index contributed by atoms with van der Waals surface area (Å²) in [5, 5.41) is 29.3. The Balaban J connectivity index is 1.05. The van der Waals surface area contributed by atoms with Crippen molar-refractivity contribution in [2.24, 2.45) is 0 Å². The molecular weight excluding hydrogens is 807 g/mol. The Morgan fingerprint density at radius 2 is 1.77 bits per heavy atom. The smallest absolute Gasteiger partial charge is 0.436 e. The van der Waals surface area contributed by atoms with Crippen LogP contribution in [0.1, 0.15) is 23.0 Å². The Hall–Kier alpha value is -7.68. The van der Waals surface area contributed by atoms with E-state index in [1.54, 1.807) is 48.2 Å². The summed E-state index contributed by atoms with van der Waals surface area (Å²) in [6.45, 7) is 1.90. The van der Waals surface area contributed by atoms with Gasteiger partial charge in [0.1, 0.15) is 34.8 Å². The van der Waals surface area contributed by atoms with Crippen LogP contribution in [0.4, 0.5) is 23.2 Å². The number of nitrogens with one attached hydrogen (secondary N) is 1. The Morgan fingerprint density at radius 1 is 0.900 bits per heavy atom. The molecule has 1 aromatic carbocycles. The molecule has 0 fully saturated rings. The molecule has 0 aliphatic heterocycles. The van der Waals surface area contributed by atoms with E-state index in [2.05, 4.69) is 50.2 Å². The van der Waals surface area contributed by atoms with Gasteiger partial charge in [0, 0.05) is 47.2 Å². The summed E-state index contributed by atoms with van der Waals surface area (Å²) < 4.78 is 81.4. The van der Waals surface area contributed by atoms with E-state index in [1.807, 2.05) is 25.1 Å². The summed E-state index contributed by atoms with van der Waals surface area (Å²) in [5.41, 5.74) is 2.73. The molecule has 298 valence electrons. The van der Waals surface area contributed by atoms with Crippen LogP contribution in [-0.2, 0) is 19.3 Å². The highest BCUT2D eigenvalue weighted by atomic mass is 32.1. The molecule has 0 aliphatic rings. The molecule has 0 spiro atoms. The van der Waals surface area contributed by atoms with E-state index in [-0.39, 0.29) is 58.1 Å². The highest BCUT2D eigenvalue weighted by molar-refractivity contribution is 7.09. The van der Waals surface area contributed by atoms with Gasteiger partial charge in [-0.15, -0.1) is 20.4 Å². The fourth-order valence-corrected chi connectivity index (χ4v) is 7.42. The molecule has 60 heavy (non-hydrogen) atoms. The molecule has 21 heteroatoms. The second-order valence-electron chi connectivity index (χ2n) is 13.3. The number of nitrogens with zero attached hydrogens (tertiary/aromatic N) is 12. The van der Waals surface area contributed by atoms with Crippen molar-refractivity contribution in [1.82, 2.24) is 58.9 Å². The number of pyridine rings is 4. The minimum absolute atomic E-state index is 0.0425. The van der Waals surface area contributed by atoms with Crippen molar-refractivity contribution in [3.63, 3.8) is 0 Å². The third-order valence-corrected chi connectivity index (χ3v) is 10.5. The number of aromatic nitrogens is 12. The topological polar surface area (TPSA) is 181 Å². The Kier molecular flexibility index (Phi) is 8.74. The first-order chi connectivity index (χ1) is 29.1. The zero-order valence-electron chi connectivity index (χ0n) is 31.0. The van der Waals surface area contributed by atoms with Crippen molar-refractivity contribution in [2.45, 2.75) is 26.3 Å². The molecule has 0 saturated heterocycles. The minimum Gasteiger partial charge on any atom is -0.497 e. The number of methoxy groups -OCH3 is 1. The molecule has 9 aromatic heterocycles. The van der Waals surface area contributed by atoms with E-state index in [0.717, 1.165) is 22.8 Å². The van der Waals surface area contributed by atoms with Crippen molar-refractivity contribution in [3.8, 4) is 44.5 Å². The van der Waals surface area contributed by atoms with Crippen LogP contribution < -0.4 is 14.8 Å². The average Bonchev–Trinajstić information content (AvgIpc) is 4.08. The van der Waals surface area contributed by atoms with Gasteiger partial charge in [0.15, 0.2) is 40.2 Å². The standard InChI is InChI=1S/C39H25F4N13O3S/c1-19-11-30(60-54-19)25-5-6-32-48-49-33(56(32)52-25)16-46-26-7-9-45-37-35(24(40)15-47-36(26)37)23-12-20(29-14-31(53-59-29)39(41,42)43)17-55-34(50-51-38(23)55)18-58-28-8-10-44-27-13-21(57-2)3-4-22(27)28/h3-15,17H,16,18H2,1-2H3,(H,45,46). The van der Waals surface area contributed by atoms with Gasteiger partial charge >= 0.3 is 6.18 Å². The number of anilines is 1. The Labute approximate surface area is 337 Å². The number of fused-ring (bicyclic) bond motifs is 4. The Bertz CT molecular complexity index is 3270. The molecular formula is C39H25F4N13O3S. The van der Waals surface area contributed by atoms with Crippen LogP contribution in [0.15, 0.2) is 90.0 Å². The van der Waals surface area contributed by atoms with Crippen molar-refractivity contribution in [2.75, 3.05) is 12.4 Å². The lowest BCUT2D eigenvalue weighted by molar-refractivity contribution is -0.142. The molecule has 10 aromatic rings. The average molecular weight is 832 g/mol. The van der Waals surface area contributed by atoms with Crippen LogP contribution in [0.3, 0.4) is 0 Å². The molecule has 0 atom stereocenters. The van der Waals surface area contributed by atoms with E-state index in [4.69, 9.17) is 19.1 Å². The highest BCUT2D eigenvalue weighted by Crippen LogP contribution is 2.38. The summed E-state index contributed by atoms with van der Waals surface area (Å²) in [5.74, 6) is 0.788. The van der Waals surface area contributed by atoms with Gasteiger partial charge in [0.05, 0.1) is 47.2 Å². The van der Waals surface area contributed by atoms with E-state index in [1.165, 1.54) is 34.4 Å². The van der Waals surface area contributed by atoms with E-state index < -0.39 is 17.7 Å². The van der Waals surface area contributed by atoms with Crippen LogP contribution in [0.25, 0.3) is 66.3 Å². The first kappa shape index (κ1) is 36.6. The van der Waals surface area contributed by atoms with Crippen LogP contribution in [0.5, 0.6) is 11.5 Å². The molecule has 0 amide bonds. The maximum absolute atomic E-state index is 16.3. The van der Waals surface area contributed by atoms with Gasteiger partial charge in [-0.3, -0.25) is 14.4 Å². The second kappa shape index (κ2) is 14.3. The molecule has 0 bridgehead atoms. The zero-order chi connectivity index (χ0) is 41.1. The molecule has 0 unspecified atom stereocenters. The zero-order valence-corrected chi connectivity index (χ0v) is 31.8. The van der Waals surface area contributed by atoms with Crippen molar-refractivity contribution < 1.29 is 31.6 Å². The van der Waals surface area contributed by atoms with Gasteiger partial charge < -0.3 is 19.3 Å². The molecule has 0 radical (unpaired) electrons. The number of hydrogen-bond donors (Lipinski definition) is 1. The van der Waals surface area contributed by atoms with Gasteiger partial charge in [0.25, 0.3) is 0 Å². The summed E-state index contributed by atoms with van der Waals surface area (Å²) in [7, 11) is 1.55. The fourth-order valence-electron chi connectivity index (χ4n) is 6.70. The monoisotopic (exact) mass is 831 g/mol. The van der Waals surface area contributed by atoms with Crippen LogP contribution in [0.2, 0.25) is 0 Å². The van der Waals surface area contributed by atoms with E-state index in [9.17, 15) is 13.2 Å². The largest absolute Gasteiger partial charge is 0.497 e. The first-order valence-corrected chi connectivity index (χ1v) is 18.7. The molecule has 10 rings (SSSR count). The van der Waals surface area contributed by atoms with Gasteiger partial charge in [0.2, 0.25) is 0 Å². The quantitative estimate of drug-likeness (QED) is 0.132. The SMILES string of the molecule is COc1ccc2c(OCc3nnc4c(-c5c(F)cnc6c(NCc7nnc8ccc(-c9cc(C)ns9)nn78)ccnc56)cc(-c5cc(C(F)(F)F)no5)cn34)ccnc2c1. The number of alkyl halides is 3. The summed E-state index contributed by atoms with van der Waals surface area (Å²) in [6, 6.07) is 16.5. The third-order valence-electron chi connectivity index (χ3n) is 9.55. The maximum atomic E-state index is 16.3. The number of benzene rings is 1. The van der Waals surface area contributed by atoms with Crippen LogP contribution in [-0.4, -0.2) is 66.0 Å². The minimum atomic E-state index is -4.78. The number of ether oxygens (including phenoxy) is 2. The lowest BCUT2D eigenvalue weighted by atomic mass is 10.0. The van der Waals surface area contributed by atoms with Gasteiger partial charge in [-0.1, -0.05) is 5.16 Å². The normalized spacial score (nSPS) is 12.0. The number of rotatable bonds is 10. The Morgan fingerprint density at radius 3 is 2.58 bits per heavy atom. The van der Waals surface area contributed by atoms with Crippen molar-refractivity contribution >= 4 is 50.5 Å². The summed E-state index contributed by atoms with van der Waals surface area (Å²) in [4.78, 5) is 14.2. The van der Waals surface area contributed by atoms with Gasteiger partial charge in [-0.25, -0.2) is 9.37 Å².